The van der Waals surface area contributed by atoms with Crippen LogP contribution in [0.2, 0.25) is 0 Å². The van der Waals surface area contributed by atoms with Crippen molar-refractivity contribution in [2.75, 3.05) is 35.6 Å². The maximum absolute atomic E-state index is 8.90. The molecule has 0 radical (unpaired) electrons. The van der Waals surface area contributed by atoms with E-state index in [1.165, 1.54) is 25.7 Å². The van der Waals surface area contributed by atoms with Gasteiger partial charge >= 0.3 is 0 Å². The standard InChI is InChI=1S/C14H26N6O/c1-2-3-8-15-12-18-13(16-9-10-21)20-14(19-12)17-11-6-4-5-7-11/h11,21H,2-10H2,1H3,(H3,15,16,17,18,19,20). The highest BCUT2D eigenvalue weighted by molar-refractivity contribution is 5.42. The van der Waals surface area contributed by atoms with E-state index in [0.717, 1.165) is 19.4 Å². The molecule has 7 heteroatoms. The van der Waals surface area contributed by atoms with E-state index >= 15 is 0 Å². The fraction of sp³-hybridized carbons (Fsp3) is 0.786. The zero-order chi connectivity index (χ0) is 14.9. The number of hydrogen-bond acceptors (Lipinski definition) is 7. The minimum Gasteiger partial charge on any atom is -0.395 e. The average Bonchev–Trinajstić information content (AvgIpc) is 2.98. The predicted octanol–water partition coefficient (Wildman–Crippen LogP) is 1.84. The molecule has 118 valence electrons. The molecular formula is C14H26N6O. The van der Waals surface area contributed by atoms with Crippen LogP contribution in [0.15, 0.2) is 0 Å². The van der Waals surface area contributed by atoms with Crippen LogP contribution in [0.3, 0.4) is 0 Å². The molecule has 0 amide bonds. The second kappa shape index (κ2) is 8.61. The zero-order valence-electron chi connectivity index (χ0n) is 12.7. The summed E-state index contributed by atoms with van der Waals surface area (Å²) in [7, 11) is 0. The van der Waals surface area contributed by atoms with E-state index in [1.54, 1.807) is 0 Å². The first-order valence-corrected chi connectivity index (χ1v) is 7.93. The van der Waals surface area contributed by atoms with Crippen molar-refractivity contribution >= 4 is 17.8 Å². The highest BCUT2D eigenvalue weighted by atomic mass is 16.3. The minimum atomic E-state index is 0.0513. The van der Waals surface area contributed by atoms with Crippen molar-refractivity contribution in [1.82, 2.24) is 15.0 Å². The number of hydrogen-bond donors (Lipinski definition) is 4. The summed E-state index contributed by atoms with van der Waals surface area (Å²) in [6.07, 6.45) is 7.07. The average molecular weight is 294 g/mol. The van der Waals surface area contributed by atoms with Crippen molar-refractivity contribution in [3.05, 3.63) is 0 Å². The van der Waals surface area contributed by atoms with Gasteiger partial charge in [-0.15, -0.1) is 0 Å². The number of aliphatic hydroxyl groups excluding tert-OH is 1. The van der Waals surface area contributed by atoms with Gasteiger partial charge in [-0.25, -0.2) is 0 Å². The van der Waals surface area contributed by atoms with Crippen LogP contribution in [0.5, 0.6) is 0 Å². The molecule has 7 nitrogen and oxygen atoms in total. The number of nitrogens with one attached hydrogen (secondary N) is 3. The molecule has 0 aliphatic heterocycles. The highest BCUT2D eigenvalue weighted by Crippen LogP contribution is 2.21. The van der Waals surface area contributed by atoms with Crippen LogP contribution < -0.4 is 16.0 Å². The van der Waals surface area contributed by atoms with Crippen LogP contribution >= 0.6 is 0 Å². The van der Waals surface area contributed by atoms with E-state index in [4.69, 9.17) is 5.11 Å². The van der Waals surface area contributed by atoms with Gasteiger partial charge in [-0.2, -0.15) is 15.0 Å². The van der Waals surface area contributed by atoms with Crippen LogP contribution in [0.4, 0.5) is 17.8 Å². The molecule has 1 aromatic rings. The maximum Gasteiger partial charge on any atom is 0.229 e. The molecule has 0 spiro atoms. The summed E-state index contributed by atoms with van der Waals surface area (Å²) in [5.74, 6) is 1.69. The Labute approximate surface area is 126 Å². The number of nitrogens with zero attached hydrogens (tertiary/aromatic N) is 3. The summed E-state index contributed by atoms with van der Waals surface area (Å²) in [5, 5.41) is 18.5. The van der Waals surface area contributed by atoms with E-state index < -0.39 is 0 Å². The Hall–Kier alpha value is -1.63. The van der Waals surface area contributed by atoms with Gasteiger partial charge < -0.3 is 21.1 Å². The Bertz CT molecular complexity index is 422. The van der Waals surface area contributed by atoms with Gasteiger partial charge in [0.2, 0.25) is 17.8 Å². The van der Waals surface area contributed by atoms with Gasteiger partial charge in [-0.3, -0.25) is 0 Å². The summed E-state index contributed by atoms with van der Waals surface area (Å²) >= 11 is 0. The lowest BCUT2D eigenvalue weighted by Gasteiger charge is -2.14. The number of aromatic nitrogens is 3. The molecular weight excluding hydrogens is 268 g/mol. The van der Waals surface area contributed by atoms with E-state index in [1.807, 2.05) is 0 Å². The summed E-state index contributed by atoms with van der Waals surface area (Å²) < 4.78 is 0. The van der Waals surface area contributed by atoms with Crippen molar-refractivity contribution < 1.29 is 5.11 Å². The van der Waals surface area contributed by atoms with Crippen molar-refractivity contribution in [3.63, 3.8) is 0 Å². The third-order valence-corrected chi connectivity index (χ3v) is 3.53. The predicted molar refractivity (Wildman–Crippen MR) is 84.7 cm³/mol. The molecule has 4 N–H and O–H groups in total. The molecule has 21 heavy (non-hydrogen) atoms. The SMILES string of the molecule is CCCCNc1nc(NCCO)nc(NC2CCCC2)n1. The lowest BCUT2D eigenvalue weighted by molar-refractivity contribution is 0.311. The smallest absolute Gasteiger partial charge is 0.229 e. The molecule has 1 heterocycles. The van der Waals surface area contributed by atoms with E-state index in [9.17, 15) is 0 Å². The normalized spacial score (nSPS) is 15.1. The number of aliphatic hydroxyl groups is 1. The fourth-order valence-corrected chi connectivity index (χ4v) is 2.40. The van der Waals surface area contributed by atoms with Gasteiger partial charge in [0.1, 0.15) is 0 Å². The molecule has 1 aliphatic rings. The second-order valence-electron chi connectivity index (χ2n) is 5.36. The monoisotopic (exact) mass is 294 g/mol. The molecule has 0 bridgehead atoms. The van der Waals surface area contributed by atoms with E-state index in [-0.39, 0.29) is 6.61 Å². The third kappa shape index (κ3) is 5.34. The Morgan fingerprint density at radius 1 is 1.00 bits per heavy atom. The topological polar surface area (TPSA) is 95.0 Å². The first kappa shape index (κ1) is 15.8. The lowest BCUT2D eigenvalue weighted by atomic mass is 10.3. The third-order valence-electron chi connectivity index (χ3n) is 3.53. The quantitative estimate of drug-likeness (QED) is 0.516. The first-order chi connectivity index (χ1) is 10.3. The van der Waals surface area contributed by atoms with Crippen LogP contribution in [-0.2, 0) is 0 Å². The molecule has 2 rings (SSSR count). The molecule has 1 saturated carbocycles. The Morgan fingerprint density at radius 3 is 2.24 bits per heavy atom. The molecule has 1 fully saturated rings. The van der Waals surface area contributed by atoms with Gasteiger partial charge in [0.25, 0.3) is 0 Å². The van der Waals surface area contributed by atoms with Gasteiger partial charge in [0, 0.05) is 19.1 Å². The van der Waals surface area contributed by atoms with Crippen LogP contribution in [-0.4, -0.2) is 45.8 Å². The van der Waals surface area contributed by atoms with E-state index in [0.29, 0.717) is 30.4 Å². The van der Waals surface area contributed by atoms with Gasteiger partial charge in [-0.1, -0.05) is 26.2 Å². The number of anilines is 3. The first-order valence-electron chi connectivity index (χ1n) is 7.93. The largest absolute Gasteiger partial charge is 0.395 e. The summed E-state index contributed by atoms with van der Waals surface area (Å²) in [4.78, 5) is 13.1. The number of rotatable bonds is 9. The summed E-state index contributed by atoms with van der Waals surface area (Å²) in [5.41, 5.74) is 0. The van der Waals surface area contributed by atoms with Crippen molar-refractivity contribution in [3.8, 4) is 0 Å². The van der Waals surface area contributed by atoms with E-state index in [2.05, 4.69) is 37.8 Å². The molecule has 0 saturated heterocycles. The maximum atomic E-state index is 8.90. The van der Waals surface area contributed by atoms with Crippen LogP contribution in [0.25, 0.3) is 0 Å². The molecule has 0 aromatic carbocycles. The van der Waals surface area contributed by atoms with Crippen LogP contribution in [0.1, 0.15) is 45.4 Å². The second-order valence-corrected chi connectivity index (χ2v) is 5.36. The minimum absolute atomic E-state index is 0.0513. The van der Waals surface area contributed by atoms with Crippen LogP contribution in [0, 0.1) is 0 Å². The summed E-state index contributed by atoms with van der Waals surface area (Å²) in [6, 6.07) is 0.460. The Kier molecular flexibility index (Phi) is 6.46. The van der Waals surface area contributed by atoms with Gasteiger partial charge in [0.05, 0.1) is 6.61 Å². The Balaban J connectivity index is 2.03. The van der Waals surface area contributed by atoms with Crippen molar-refractivity contribution in [2.45, 2.75) is 51.5 Å². The molecule has 1 aromatic heterocycles. The number of unbranched alkanes of at least 4 members (excludes halogenated alkanes) is 1. The zero-order valence-corrected chi connectivity index (χ0v) is 12.7. The summed E-state index contributed by atoms with van der Waals surface area (Å²) in [6.45, 7) is 3.48. The Morgan fingerprint density at radius 2 is 1.62 bits per heavy atom. The highest BCUT2D eigenvalue weighted by Gasteiger charge is 2.16. The molecule has 1 aliphatic carbocycles. The van der Waals surface area contributed by atoms with Crippen molar-refractivity contribution in [1.29, 1.82) is 0 Å². The lowest BCUT2D eigenvalue weighted by Crippen LogP contribution is -2.19. The van der Waals surface area contributed by atoms with Crippen molar-refractivity contribution in [2.24, 2.45) is 0 Å². The molecule has 0 atom stereocenters. The molecule has 0 unspecified atom stereocenters. The fourth-order valence-electron chi connectivity index (χ4n) is 2.40. The van der Waals surface area contributed by atoms with Gasteiger partial charge in [0.15, 0.2) is 0 Å². The van der Waals surface area contributed by atoms with Gasteiger partial charge in [-0.05, 0) is 19.3 Å².